The number of hydrogen-bond acceptors (Lipinski definition) is 4. The van der Waals surface area contributed by atoms with E-state index in [4.69, 9.17) is 14.6 Å². The average Bonchev–Trinajstić information content (AvgIpc) is 3.26. The fraction of sp³-hybridized carbons (Fsp3) is 0.500. The summed E-state index contributed by atoms with van der Waals surface area (Å²) in [5.41, 5.74) is 3.36. The van der Waals surface area contributed by atoms with E-state index in [9.17, 15) is 4.79 Å². The number of nitrogens with one attached hydrogen (secondary N) is 1. The Balaban J connectivity index is 1.39. The molecule has 6 heteroatoms. The van der Waals surface area contributed by atoms with Gasteiger partial charge in [0.05, 0.1) is 24.9 Å². The molecule has 1 N–H and O–H groups in total. The third-order valence-electron chi connectivity index (χ3n) is 5.04. The molecule has 2 aliphatic heterocycles. The average molecular weight is 355 g/mol. The summed E-state index contributed by atoms with van der Waals surface area (Å²) < 4.78 is 13.5. The van der Waals surface area contributed by atoms with E-state index in [2.05, 4.69) is 23.6 Å². The summed E-state index contributed by atoms with van der Waals surface area (Å²) in [6, 6.07) is 10.3. The van der Waals surface area contributed by atoms with E-state index in [1.165, 1.54) is 11.1 Å². The maximum Gasteiger partial charge on any atom is 0.249 e. The second kappa shape index (κ2) is 7.60. The van der Waals surface area contributed by atoms with Crippen molar-refractivity contribution in [2.24, 2.45) is 0 Å². The first-order chi connectivity index (χ1) is 12.7. The largest absolute Gasteiger partial charge is 0.370 e. The van der Waals surface area contributed by atoms with Crippen LogP contribution in [0.1, 0.15) is 42.7 Å². The van der Waals surface area contributed by atoms with Crippen LogP contribution in [-0.2, 0) is 27.2 Å². The van der Waals surface area contributed by atoms with E-state index in [1.54, 1.807) is 0 Å². The van der Waals surface area contributed by atoms with Crippen LogP contribution in [0.5, 0.6) is 0 Å². The number of amides is 1. The van der Waals surface area contributed by atoms with E-state index in [1.807, 2.05) is 29.8 Å². The standard InChI is InChI=1S/C20H25N3O3/c1-14-7-8-17(26-14)20(24)21-11-18-19-16(9-10-25-18)13-23(22-19)12-15-5-3-2-4-6-15/h2-6,13-14,17-18H,7-12H2,1H3,(H,21,24)/t14-,17-,18+/m1/s1. The van der Waals surface area contributed by atoms with Crippen LogP contribution in [0.2, 0.25) is 0 Å². The van der Waals surface area contributed by atoms with Gasteiger partial charge in [0.2, 0.25) is 5.91 Å². The van der Waals surface area contributed by atoms with Crippen molar-refractivity contribution in [1.82, 2.24) is 15.1 Å². The Bertz CT molecular complexity index is 759. The highest BCUT2D eigenvalue weighted by Gasteiger charge is 2.30. The summed E-state index contributed by atoms with van der Waals surface area (Å²) >= 11 is 0. The SMILES string of the molecule is C[C@@H]1CC[C@H](C(=O)NC[C@@H]2OCCc3cn(Cc4ccccc4)nc32)O1. The molecule has 138 valence electrons. The molecule has 0 radical (unpaired) electrons. The fourth-order valence-corrected chi connectivity index (χ4v) is 3.64. The van der Waals surface area contributed by atoms with Gasteiger partial charge < -0.3 is 14.8 Å². The molecule has 1 fully saturated rings. The second-order valence-electron chi connectivity index (χ2n) is 7.09. The van der Waals surface area contributed by atoms with Crippen LogP contribution in [0, 0.1) is 0 Å². The zero-order valence-electron chi connectivity index (χ0n) is 15.1. The second-order valence-corrected chi connectivity index (χ2v) is 7.09. The number of ether oxygens (including phenoxy) is 2. The number of hydrogen-bond donors (Lipinski definition) is 1. The lowest BCUT2D eigenvalue weighted by atomic mass is 10.1. The molecule has 3 heterocycles. The Morgan fingerprint density at radius 2 is 2.15 bits per heavy atom. The summed E-state index contributed by atoms with van der Waals surface area (Å²) in [4.78, 5) is 12.3. The van der Waals surface area contributed by atoms with Crippen LogP contribution >= 0.6 is 0 Å². The monoisotopic (exact) mass is 355 g/mol. The van der Waals surface area contributed by atoms with E-state index < -0.39 is 0 Å². The number of benzene rings is 1. The van der Waals surface area contributed by atoms with Gasteiger partial charge in [-0.15, -0.1) is 0 Å². The van der Waals surface area contributed by atoms with Crippen LogP contribution < -0.4 is 5.32 Å². The highest BCUT2D eigenvalue weighted by molar-refractivity contribution is 5.81. The number of rotatable bonds is 5. The molecular weight excluding hydrogens is 330 g/mol. The topological polar surface area (TPSA) is 65.4 Å². The van der Waals surface area contributed by atoms with Gasteiger partial charge in [-0.05, 0) is 37.3 Å². The molecule has 2 aromatic rings. The molecule has 0 saturated carbocycles. The van der Waals surface area contributed by atoms with Gasteiger partial charge >= 0.3 is 0 Å². The third-order valence-corrected chi connectivity index (χ3v) is 5.04. The summed E-state index contributed by atoms with van der Waals surface area (Å²) in [6.45, 7) is 3.83. The molecule has 1 aromatic carbocycles. The van der Waals surface area contributed by atoms with E-state index >= 15 is 0 Å². The van der Waals surface area contributed by atoms with Crippen molar-refractivity contribution in [1.29, 1.82) is 0 Å². The molecule has 26 heavy (non-hydrogen) atoms. The molecule has 0 unspecified atom stereocenters. The van der Waals surface area contributed by atoms with Crippen molar-refractivity contribution in [3.8, 4) is 0 Å². The molecule has 2 aliphatic rings. The Labute approximate surface area is 153 Å². The predicted octanol–water partition coefficient (Wildman–Crippen LogP) is 2.23. The highest BCUT2D eigenvalue weighted by atomic mass is 16.5. The first-order valence-electron chi connectivity index (χ1n) is 9.34. The lowest BCUT2D eigenvalue weighted by molar-refractivity contribution is -0.132. The highest BCUT2D eigenvalue weighted by Crippen LogP contribution is 2.26. The Kier molecular flexibility index (Phi) is 5.04. The minimum Gasteiger partial charge on any atom is -0.370 e. The third kappa shape index (κ3) is 3.81. The van der Waals surface area contributed by atoms with Crippen molar-refractivity contribution < 1.29 is 14.3 Å². The van der Waals surface area contributed by atoms with Gasteiger partial charge in [0.1, 0.15) is 12.2 Å². The lowest BCUT2D eigenvalue weighted by Gasteiger charge is -2.23. The molecule has 0 bridgehead atoms. The molecule has 0 aliphatic carbocycles. The van der Waals surface area contributed by atoms with E-state index in [-0.39, 0.29) is 24.2 Å². The van der Waals surface area contributed by atoms with Crippen LogP contribution in [0.25, 0.3) is 0 Å². The van der Waals surface area contributed by atoms with Gasteiger partial charge in [-0.25, -0.2) is 0 Å². The summed E-state index contributed by atoms with van der Waals surface area (Å²) in [5, 5.41) is 7.70. The molecule has 1 amide bonds. The quantitative estimate of drug-likeness (QED) is 0.893. The first-order valence-corrected chi connectivity index (χ1v) is 9.34. The minimum absolute atomic E-state index is 0.0474. The normalized spacial score (nSPS) is 25.0. The molecular formula is C20H25N3O3. The van der Waals surface area contributed by atoms with E-state index in [0.29, 0.717) is 13.2 Å². The van der Waals surface area contributed by atoms with Gasteiger partial charge in [0, 0.05) is 12.7 Å². The van der Waals surface area contributed by atoms with Crippen molar-refractivity contribution >= 4 is 5.91 Å². The molecule has 3 atom stereocenters. The van der Waals surface area contributed by atoms with Gasteiger partial charge in [-0.2, -0.15) is 5.10 Å². The summed E-state index contributed by atoms with van der Waals surface area (Å²) in [5.74, 6) is -0.0474. The number of nitrogens with zero attached hydrogens (tertiary/aromatic N) is 2. The zero-order chi connectivity index (χ0) is 17.9. The minimum atomic E-state index is -0.330. The van der Waals surface area contributed by atoms with Crippen LogP contribution in [-0.4, -0.2) is 41.0 Å². The summed E-state index contributed by atoms with van der Waals surface area (Å²) in [7, 11) is 0. The molecule has 6 nitrogen and oxygen atoms in total. The smallest absolute Gasteiger partial charge is 0.249 e. The Morgan fingerprint density at radius 3 is 2.92 bits per heavy atom. The van der Waals surface area contributed by atoms with Crippen LogP contribution in [0.3, 0.4) is 0 Å². The van der Waals surface area contributed by atoms with Crippen molar-refractivity contribution in [3.05, 3.63) is 53.3 Å². The molecule has 1 saturated heterocycles. The Morgan fingerprint density at radius 1 is 1.31 bits per heavy atom. The maximum absolute atomic E-state index is 12.3. The van der Waals surface area contributed by atoms with Gasteiger partial charge in [0.25, 0.3) is 0 Å². The molecule has 1 aromatic heterocycles. The van der Waals surface area contributed by atoms with Gasteiger partial charge in [-0.3, -0.25) is 9.48 Å². The predicted molar refractivity (Wildman–Crippen MR) is 96.7 cm³/mol. The van der Waals surface area contributed by atoms with Crippen LogP contribution in [0.4, 0.5) is 0 Å². The summed E-state index contributed by atoms with van der Waals surface area (Å²) in [6.07, 6.45) is 4.32. The Hall–Kier alpha value is -2.18. The number of aromatic nitrogens is 2. The van der Waals surface area contributed by atoms with Gasteiger partial charge in [0.15, 0.2) is 0 Å². The fourth-order valence-electron chi connectivity index (χ4n) is 3.64. The van der Waals surface area contributed by atoms with Crippen molar-refractivity contribution in [2.45, 2.75) is 51.0 Å². The lowest BCUT2D eigenvalue weighted by Crippen LogP contribution is -2.38. The maximum atomic E-state index is 12.3. The molecule has 4 rings (SSSR count). The number of fused-ring (bicyclic) bond motifs is 1. The van der Waals surface area contributed by atoms with E-state index in [0.717, 1.165) is 31.5 Å². The number of carbonyl (C=O) groups excluding carboxylic acids is 1. The molecule has 0 spiro atoms. The van der Waals surface area contributed by atoms with Gasteiger partial charge in [-0.1, -0.05) is 30.3 Å². The first kappa shape index (κ1) is 17.2. The van der Waals surface area contributed by atoms with Crippen molar-refractivity contribution in [2.75, 3.05) is 13.2 Å². The number of carbonyl (C=O) groups is 1. The van der Waals surface area contributed by atoms with Crippen LogP contribution in [0.15, 0.2) is 36.5 Å². The zero-order valence-corrected chi connectivity index (χ0v) is 15.1. The van der Waals surface area contributed by atoms with Crippen molar-refractivity contribution in [3.63, 3.8) is 0 Å².